The SMILES string of the molecule is O=S(=O)([O-])C(F)(F)F.OCCOc1ccc([I+]c2ccccc2)cc1. The summed E-state index contributed by atoms with van der Waals surface area (Å²) in [4.78, 5) is 0. The molecule has 0 radical (unpaired) electrons. The van der Waals surface area contributed by atoms with Crippen molar-refractivity contribution < 1.29 is 57.2 Å². The van der Waals surface area contributed by atoms with Gasteiger partial charge in [0.25, 0.3) is 0 Å². The van der Waals surface area contributed by atoms with E-state index in [1.54, 1.807) is 0 Å². The zero-order chi connectivity index (χ0) is 18.9. The zero-order valence-corrected chi connectivity index (χ0v) is 15.6. The molecular weight excluding hydrogens is 476 g/mol. The second-order valence-electron chi connectivity index (χ2n) is 4.32. The normalized spacial score (nSPS) is 11.4. The largest absolute Gasteiger partial charge is 0.741 e. The van der Waals surface area contributed by atoms with Crippen LogP contribution in [0.15, 0.2) is 54.6 Å². The van der Waals surface area contributed by atoms with E-state index in [9.17, 15) is 13.2 Å². The van der Waals surface area contributed by atoms with Crippen molar-refractivity contribution >= 4 is 10.1 Å². The van der Waals surface area contributed by atoms with E-state index in [0.717, 1.165) is 5.75 Å². The van der Waals surface area contributed by atoms with Crippen molar-refractivity contribution in [3.63, 3.8) is 0 Å². The topological polar surface area (TPSA) is 86.7 Å². The first-order chi connectivity index (χ1) is 11.6. The molecule has 2 aromatic rings. The van der Waals surface area contributed by atoms with E-state index in [-0.39, 0.29) is 27.8 Å². The number of alkyl halides is 3. The van der Waals surface area contributed by atoms with Gasteiger partial charge in [-0.15, -0.1) is 0 Å². The van der Waals surface area contributed by atoms with Crippen LogP contribution in [-0.4, -0.2) is 36.8 Å². The zero-order valence-electron chi connectivity index (χ0n) is 12.6. The van der Waals surface area contributed by atoms with Gasteiger partial charge in [-0.3, -0.25) is 0 Å². The van der Waals surface area contributed by atoms with Crippen LogP contribution < -0.4 is 25.9 Å². The maximum atomic E-state index is 10.7. The van der Waals surface area contributed by atoms with Gasteiger partial charge < -0.3 is 14.4 Å². The molecule has 0 saturated carbocycles. The second-order valence-corrected chi connectivity index (χ2v) is 8.72. The smallest absolute Gasteiger partial charge is 0.485 e. The predicted molar refractivity (Wildman–Crippen MR) is 78.6 cm³/mol. The van der Waals surface area contributed by atoms with Crippen molar-refractivity contribution in [1.29, 1.82) is 0 Å². The third-order valence-corrected chi connectivity index (χ3v) is 5.66. The summed E-state index contributed by atoms with van der Waals surface area (Å²) in [6.45, 7) is 0.409. The molecule has 0 fully saturated rings. The summed E-state index contributed by atoms with van der Waals surface area (Å²) < 4.78 is 67.0. The third kappa shape index (κ3) is 8.52. The number of aliphatic hydroxyl groups is 1. The van der Waals surface area contributed by atoms with Crippen LogP contribution in [0.1, 0.15) is 0 Å². The maximum absolute atomic E-state index is 10.7. The molecule has 0 atom stereocenters. The van der Waals surface area contributed by atoms with Gasteiger partial charge in [0.1, 0.15) is 12.4 Å². The van der Waals surface area contributed by atoms with Crippen LogP contribution >= 0.6 is 0 Å². The Morgan fingerprint density at radius 3 is 1.92 bits per heavy atom. The Morgan fingerprint density at radius 2 is 1.48 bits per heavy atom. The van der Waals surface area contributed by atoms with Crippen molar-refractivity contribution in [3.05, 3.63) is 61.7 Å². The summed E-state index contributed by atoms with van der Waals surface area (Å²) in [6.07, 6.45) is 0. The number of rotatable bonds is 5. The summed E-state index contributed by atoms with van der Waals surface area (Å²) in [5.74, 6) is 0.819. The molecule has 0 bridgehead atoms. The number of hydrogen-bond acceptors (Lipinski definition) is 5. The minimum atomic E-state index is -6.09. The van der Waals surface area contributed by atoms with Crippen LogP contribution in [0.4, 0.5) is 13.2 Å². The predicted octanol–water partition coefficient (Wildman–Crippen LogP) is -0.762. The summed E-state index contributed by atoms with van der Waals surface area (Å²) in [7, 11) is -6.09. The number of aliphatic hydroxyl groups excluding tert-OH is 1. The molecule has 0 aliphatic rings. The minimum absolute atomic E-state index is 0.0543. The highest BCUT2D eigenvalue weighted by Crippen LogP contribution is 2.20. The van der Waals surface area contributed by atoms with Crippen LogP contribution in [-0.2, 0) is 10.1 Å². The molecule has 0 aromatic heterocycles. The van der Waals surface area contributed by atoms with Crippen LogP contribution in [0.2, 0.25) is 0 Å². The highest BCUT2D eigenvalue weighted by molar-refractivity contribution is 7.86. The van der Waals surface area contributed by atoms with Crippen molar-refractivity contribution in [2.45, 2.75) is 5.51 Å². The summed E-state index contributed by atoms with van der Waals surface area (Å²) in [5, 5.41) is 8.66. The molecule has 0 aliphatic carbocycles. The first-order valence-electron chi connectivity index (χ1n) is 6.69. The van der Waals surface area contributed by atoms with E-state index in [1.165, 1.54) is 7.14 Å². The number of halogens is 4. The Bertz CT molecular complexity index is 734. The van der Waals surface area contributed by atoms with Gasteiger partial charge in [-0.2, -0.15) is 13.2 Å². The Balaban J connectivity index is 0.000000333. The molecule has 2 aromatic carbocycles. The molecule has 25 heavy (non-hydrogen) atoms. The van der Waals surface area contributed by atoms with E-state index >= 15 is 0 Å². The minimum Gasteiger partial charge on any atom is -0.741 e. The van der Waals surface area contributed by atoms with E-state index in [4.69, 9.17) is 22.8 Å². The van der Waals surface area contributed by atoms with Gasteiger partial charge in [0.2, 0.25) is 0 Å². The van der Waals surface area contributed by atoms with Crippen molar-refractivity contribution in [2.24, 2.45) is 0 Å². The number of hydrogen-bond donors (Lipinski definition) is 1. The van der Waals surface area contributed by atoms with Gasteiger partial charge in [0, 0.05) is 0 Å². The summed E-state index contributed by atoms with van der Waals surface area (Å²) in [5.41, 5.74) is -5.65. The van der Waals surface area contributed by atoms with Crippen LogP contribution in [0.25, 0.3) is 0 Å². The first kappa shape index (κ1) is 21.7. The van der Waals surface area contributed by atoms with Crippen molar-refractivity contribution in [1.82, 2.24) is 0 Å². The van der Waals surface area contributed by atoms with Crippen LogP contribution in [0.5, 0.6) is 5.75 Å². The van der Waals surface area contributed by atoms with Gasteiger partial charge in [-0.1, -0.05) is 18.2 Å². The van der Waals surface area contributed by atoms with Gasteiger partial charge in [0.15, 0.2) is 17.3 Å². The Kier molecular flexibility index (Phi) is 8.62. The Labute approximate surface area is 153 Å². The molecule has 0 spiro atoms. The number of benzene rings is 2. The molecule has 0 unspecified atom stereocenters. The van der Waals surface area contributed by atoms with Gasteiger partial charge in [-0.05, 0) is 36.4 Å². The summed E-state index contributed by atoms with van der Waals surface area (Å²) in [6, 6.07) is 18.7. The molecule has 0 saturated heterocycles. The fourth-order valence-electron chi connectivity index (χ4n) is 1.36. The first-order valence-corrected chi connectivity index (χ1v) is 10.3. The molecule has 138 valence electrons. The molecule has 1 N–H and O–H groups in total. The van der Waals surface area contributed by atoms with E-state index in [0.29, 0.717) is 6.61 Å². The van der Waals surface area contributed by atoms with Gasteiger partial charge in [0.05, 0.1) is 6.61 Å². The highest BCUT2D eigenvalue weighted by Gasteiger charge is 2.36. The lowest BCUT2D eigenvalue weighted by atomic mass is 10.3. The highest BCUT2D eigenvalue weighted by atomic mass is 127. The third-order valence-electron chi connectivity index (χ3n) is 2.41. The van der Waals surface area contributed by atoms with Gasteiger partial charge in [-0.25, -0.2) is 8.42 Å². The standard InChI is InChI=1S/C14H14IO2.CHF3O3S/c16-10-11-17-14-8-6-13(7-9-14)15-12-4-2-1-3-5-12;2-1(3,4)8(5,6)7/h1-9,16H,10-11H2;(H,5,6,7)/q+1;/p-1. The molecule has 0 aliphatic heterocycles. The summed E-state index contributed by atoms with van der Waals surface area (Å²) >= 11 is -0.103. The quantitative estimate of drug-likeness (QED) is 0.339. The molecule has 10 heteroatoms. The van der Waals surface area contributed by atoms with Crippen LogP contribution in [0.3, 0.4) is 0 Å². The fourth-order valence-corrected chi connectivity index (χ4v) is 3.57. The molecule has 2 rings (SSSR count). The van der Waals surface area contributed by atoms with Crippen LogP contribution in [0, 0.1) is 7.14 Å². The van der Waals surface area contributed by atoms with Crippen molar-refractivity contribution in [3.8, 4) is 5.75 Å². The Hall–Kier alpha value is -1.37. The average Bonchev–Trinajstić information content (AvgIpc) is 2.54. The fraction of sp³-hybridized carbons (Fsp3) is 0.200. The van der Waals surface area contributed by atoms with E-state index < -0.39 is 15.6 Å². The van der Waals surface area contributed by atoms with Gasteiger partial charge >= 0.3 is 26.7 Å². The monoisotopic (exact) mass is 490 g/mol. The molecular formula is C15H14F3IO5S. The Morgan fingerprint density at radius 1 is 1.00 bits per heavy atom. The second kappa shape index (κ2) is 9.94. The lowest BCUT2D eigenvalue weighted by Crippen LogP contribution is -3.61. The molecule has 0 heterocycles. The van der Waals surface area contributed by atoms with E-state index in [2.05, 4.69) is 36.4 Å². The maximum Gasteiger partial charge on any atom is 0.485 e. The van der Waals surface area contributed by atoms with E-state index in [1.807, 2.05) is 18.2 Å². The van der Waals surface area contributed by atoms with Crippen molar-refractivity contribution in [2.75, 3.05) is 13.2 Å². The lowest BCUT2D eigenvalue weighted by Gasteiger charge is -2.08. The number of ether oxygens (including phenoxy) is 1. The average molecular weight is 490 g/mol. The molecule has 0 amide bonds. The lowest BCUT2D eigenvalue weighted by molar-refractivity contribution is -0.597. The molecule has 5 nitrogen and oxygen atoms in total.